The molecule has 6 aliphatic rings. The maximum absolute atomic E-state index is 12.3. The smallest absolute Gasteiger partial charge is 0.284 e. The van der Waals surface area contributed by atoms with Crippen molar-refractivity contribution < 1.29 is 39.4 Å². The molecule has 3 heterocycles. The summed E-state index contributed by atoms with van der Waals surface area (Å²) in [6.45, 7) is 10.3. The van der Waals surface area contributed by atoms with Crippen molar-refractivity contribution in [1.29, 1.82) is 0 Å². The molecule has 0 aromatic heterocycles. The molecule has 3 aliphatic heterocycles. The Balaban J connectivity index is 1.23. The SMILES string of the molecule is CCCCCCCCCCCCCC12OC3C4C5OC5(CO)C(O)C5(O)C(O)C(C)CC5C4(O1)C(C)CC3(C(C)C)O2. The van der Waals surface area contributed by atoms with Crippen LogP contribution in [0.25, 0.3) is 0 Å². The molecule has 0 aromatic rings. The summed E-state index contributed by atoms with van der Waals surface area (Å²) in [5.41, 5.74) is -4.73. The van der Waals surface area contributed by atoms with E-state index in [1.807, 2.05) is 6.92 Å². The van der Waals surface area contributed by atoms with E-state index in [9.17, 15) is 20.4 Å². The number of ether oxygens (including phenoxy) is 4. The molecule has 3 bridgehead atoms. The molecule has 6 rings (SSSR count). The Labute approximate surface area is 252 Å². The van der Waals surface area contributed by atoms with Crippen molar-refractivity contribution in [2.24, 2.45) is 29.6 Å². The van der Waals surface area contributed by atoms with E-state index in [0.717, 1.165) is 12.8 Å². The Bertz CT molecular complexity index is 977. The van der Waals surface area contributed by atoms with Crippen LogP contribution in [0.5, 0.6) is 0 Å². The maximum atomic E-state index is 12.3. The number of hydrogen-bond acceptors (Lipinski definition) is 8. The second-order valence-electron chi connectivity index (χ2n) is 15.5. The molecule has 6 fully saturated rings. The monoisotopic (exact) mass is 594 g/mol. The van der Waals surface area contributed by atoms with Crippen LogP contribution in [0, 0.1) is 29.6 Å². The average molecular weight is 595 g/mol. The molecular weight excluding hydrogens is 536 g/mol. The van der Waals surface area contributed by atoms with Gasteiger partial charge in [0, 0.05) is 18.3 Å². The Morgan fingerprint density at radius 3 is 2.05 bits per heavy atom. The predicted octanol–water partition coefficient (Wildman–Crippen LogP) is 4.83. The van der Waals surface area contributed by atoms with Crippen molar-refractivity contribution >= 4 is 0 Å². The van der Waals surface area contributed by atoms with Crippen molar-refractivity contribution in [3.05, 3.63) is 0 Å². The third-order valence-corrected chi connectivity index (χ3v) is 12.7. The first kappa shape index (κ1) is 31.7. The van der Waals surface area contributed by atoms with Gasteiger partial charge in [-0.15, -0.1) is 0 Å². The first-order valence-electron chi connectivity index (χ1n) is 17.4. The molecule has 13 unspecified atom stereocenters. The van der Waals surface area contributed by atoms with Gasteiger partial charge in [0.1, 0.15) is 35.1 Å². The first-order chi connectivity index (χ1) is 20.0. The topological polar surface area (TPSA) is 121 Å². The summed E-state index contributed by atoms with van der Waals surface area (Å²) in [6.07, 6.45) is 12.1. The van der Waals surface area contributed by atoms with Crippen LogP contribution in [0.2, 0.25) is 0 Å². The lowest BCUT2D eigenvalue weighted by molar-refractivity contribution is -0.435. The van der Waals surface area contributed by atoms with Gasteiger partial charge < -0.3 is 39.4 Å². The Kier molecular flexibility index (Phi) is 8.43. The molecule has 8 nitrogen and oxygen atoms in total. The molecular formula is C34H58O8. The summed E-state index contributed by atoms with van der Waals surface area (Å²) in [5, 5.41) is 46.0. The number of unbranched alkanes of at least 4 members (excludes halogenated alkanes) is 10. The lowest BCUT2D eigenvalue weighted by atomic mass is 9.53. The molecule has 0 aromatic carbocycles. The van der Waals surface area contributed by atoms with Gasteiger partial charge in [-0.05, 0) is 37.0 Å². The zero-order valence-electron chi connectivity index (χ0n) is 26.7. The van der Waals surface area contributed by atoms with Crippen LogP contribution < -0.4 is 0 Å². The van der Waals surface area contributed by atoms with Crippen LogP contribution >= 0.6 is 0 Å². The summed E-state index contributed by atoms with van der Waals surface area (Å²) in [5.74, 6) is -2.24. The third-order valence-electron chi connectivity index (χ3n) is 12.7. The molecule has 0 spiro atoms. The predicted molar refractivity (Wildman–Crippen MR) is 157 cm³/mol. The van der Waals surface area contributed by atoms with Crippen molar-refractivity contribution in [2.75, 3.05) is 6.61 Å². The van der Waals surface area contributed by atoms with E-state index in [-0.39, 0.29) is 29.8 Å². The van der Waals surface area contributed by atoms with E-state index in [4.69, 9.17) is 18.9 Å². The summed E-state index contributed by atoms with van der Waals surface area (Å²) >= 11 is 0. The van der Waals surface area contributed by atoms with Gasteiger partial charge in [-0.3, -0.25) is 0 Å². The number of epoxide rings is 1. The van der Waals surface area contributed by atoms with Crippen molar-refractivity contribution in [3.8, 4) is 0 Å². The number of aliphatic hydroxyl groups is 4. The van der Waals surface area contributed by atoms with Crippen molar-refractivity contribution in [2.45, 2.75) is 177 Å². The summed E-state index contributed by atoms with van der Waals surface area (Å²) < 4.78 is 27.3. The van der Waals surface area contributed by atoms with Crippen LogP contribution in [0.1, 0.15) is 125 Å². The fourth-order valence-corrected chi connectivity index (χ4v) is 10.4. The van der Waals surface area contributed by atoms with Gasteiger partial charge in [-0.2, -0.15) is 0 Å². The molecule has 0 amide bonds. The van der Waals surface area contributed by atoms with Crippen LogP contribution in [0.3, 0.4) is 0 Å². The number of rotatable bonds is 14. The van der Waals surface area contributed by atoms with Gasteiger partial charge in [-0.25, -0.2) is 0 Å². The van der Waals surface area contributed by atoms with E-state index >= 15 is 0 Å². The van der Waals surface area contributed by atoms with Gasteiger partial charge in [-0.1, -0.05) is 98.8 Å². The fraction of sp³-hybridized carbons (Fsp3) is 1.00. The minimum Gasteiger partial charge on any atom is -0.393 e. The van der Waals surface area contributed by atoms with Crippen LogP contribution in [0.15, 0.2) is 0 Å². The molecule has 42 heavy (non-hydrogen) atoms. The second-order valence-corrected chi connectivity index (χ2v) is 15.5. The highest BCUT2D eigenvalue weighted by Crippen LogP contribution is 2.74. The molecule has 13 atom stereocenters. The molecule has 4 N–H and O–H groups in total. The fourth-order valence-electron chi connectivity index (χ4n) is 10.4. The lowest BCUT2D eigenvalue weighted by Crippen LogP contribution is -2.73. The highest BCUT2D eigenvalue weighted by molar-refractivity contribution is 5.34. The first-order valence-corrected chi connectivity index (χ1v) is 17.4. The van der Waals surface area contributed by atoms with Crippen LogP contribution in [0.4, 0.5) is 0 Å². The van der Waals surface area contributed by atoms with Gasteiger partial charge in [0.05, 0.1) is 18.3 Å². The van der Waals surface area contributed by atoms with Gasteiger partial charge in [0.2, 0.25) is 0 Å². The molecule has 0 radical (unpaired) electrons. The average Bonchev–Trinajstić information content (AvgIpc) is 3.60. The maximum Gasteiger partial charge on any atom is 0.284 e. The number of hydrogen-bond donors (Lipinski definition) is 4. The van der Waals surface area contributed by atoms with Gasteiger partial charge >= 0.3 is 0 Å². The van der Waals surface area contributed by atoms with Crippen molar-refractivity contribution in [1.82, 2.24) is 0 Å². The summed E-state index contributed by atoms with van der Waals surface area (Å²) in [6, 6.07) is 0. The van der Waals surface area contributed by atoms with Gasteiger partial charge in [0.15, 0.2) is 0 Å². The zero-order valence-corrected chi connectivity index (χ0v) is 26.7. The molecule has 3 saturated carbocycles. The Morgan fingerprint density at radius 2 is 1.45 bits per heavy atom. The van der Waals surface area contributed by atoms with E-state index < -0.39 is 59.2 Å². The van der Waals surface area contributed by atoms with Crippen LogP contribution in [-0.2, 0) is 18.9 Å². The van der Waals surface area contributed by atoms with Crippen molar-refractivity contribution in [3.63, 3.8) is 0 Å². The molecule has 3 aliphatic carbocycles. The van der Waals surface area contributed by atoms with Crippen LogP contribution in [-0.4, -0.2) is 79.8 Å². The van der Waals surface area contributed by atoms with E-state index in [1.54, 1.807) is 0 Å². The standard InChI is InChI=1S/C34H58O8/c1-6-7-8-9-10-11-12-13-14-15-16-17-32-40-27-25-28-31(20-35,39-28)29(37)33(38)24(18-22(4)26(33)36)34(25,42-32)23(5)19-30(27,41-32)21(2)3/h21-29,35-38H,6-20H2,1-5H3. The molecule has 242 valence electrons. The molecule has 8 heteroatoms. The van der Waals surface area contributed by atoms with Gasteiger partial charge in [0.25, 0.3) is 5.97 Å². The highest BCUT2D eigenvalue weighted by Gasteiger charge is 2.88. The Morgan fingerprint density at radius 1 is 0.833 bits per heavy atom. The number of fused-ring (bicyclic) bond motifs is 3. The highest BCUT2D eigenvalue weighted by atomic mass is 16.9. The third kappa shape index (κ3) is 4.29. The van der Waals surface area contributed by atoms with E-state index in [1.165, 1.54) is 57.8 Å². The summed E-state index contributed by atoms with van der Waals surface area (Å²) in [7, 11) is 0. The molecule has 3 saturated heterocycles. The second kappa shape index (κ2) is 11.2. The minimum absolute atomic E-state index is 0.0378. The zero-order chi connectivity index (χ0) is 30.1. The summed E-state index contributed by atoms with van der Waals surface area (Å²) in [4.78, 5) is 0. The Hall–Kier alpha value is -0.320. The number of aliphatic hydroxyl groups excluding tert-OH is 3. The quantitative estimate of drug-likeness (QED) is 0.167. The largest absolute Gasteiger partial charge is 0.393 e. The van der Waals surface area contributed by atoms with E-state index in [0.29, 0.717) is 19.3 Å². The van der Waals surface area contributed by atoms with E-state index in [2.05, 4.69) is 27.7 Å². The lowest BCUT2D eigenvalue weighted by Gasteiger charge is -2.60. The normalized spacial score (nSPS) is 51.9. The minimum atomic E-state index is -1.87.